The number of fused-ring (bicyclic) bond motifs is 1. The Bertz CT molecular complexity index is 759. The molecule has 19 heavy (non-hydrogen) atoms. The first kappa shape index (κ1) is 11.7. The van der Waals surface area contributed by atoms with Gasteiger partial charge in [0, 0.05) is 11.9 Å². The van der Waals surface area contributed by atoms with E-state index in [9.17, 15) is 4.79 Å². The first-order chi connectivity index (χ1) is 9.11. The molecule has 0 unspecified atom stereocenters. The van der Waals surface area contributed by atoms with Gasteiger partial charge in [0.15, 0.2) is 5.13 Å². The fourth-order valence-electron chi connectivity index (χ4n) is 1.79. The molecule has 0 fully saturated rings. The van der Waals surface area contributed by atoms with E-state index in [0.717, 1.165) is 10.2 Å². The van der Waals surface area contributed by atoms with Gasteiger partial charge in [0.25, 0.3) is 5.91 Å². The molecule has 0 spiro atoms. The van der Waals surface area contributed by atoms with Crippen molar-refractivity contribution in [1.29, 1.82) is 0 Å². The molecule has 1 amide bonds. The minimum absolute atomic E-state index is 0.243. The van der Waals surface area contributed by atoms with E-state index in [4.69, 9.17) is 5.73 Å². The fourth-order valence-corrected chi connectivity index (χ4v) is 2.75. The minimum atomic E-state index is -0.243. The van der Waals surface area contributed by atoms with Crippen LogP contribution in [-0.2, 0) is 0 Å². The lowest BCUT2D eigenvalue weighted by Gasteiger charge is -1.97. The van der Waals surface area contributed by atoms with E-state index >= 15 is 0 Å². The molecule has 3 rings (SSSR count). The third-order valence-corrected chi connectivity index (χ3v) is 3.65. The van der Waals surface area contributed by atoms with Gasteiger partial charge in [-0.2, -0.15) is 0 Å². The molecule has 2 aromatic heterocycles. The van der Waals surface area contributed by atoms with Gasteiger partial charge >= 0.3 is 0 Å². The molecule has 96 valence electrons. The third-order valence-electron chi connectivity index (χ3n) is 2.71. The van der Waals surface area contributed by atoms with E-state index in [1.165, 1.54) is 16.9 Å². The van der Waals surface area contributed by atoms with Crippen molar-refractivity contribution >= 4 is 38.3 Å². The first-order valence-electron chi connectivity index (χ1n) is 5.74. The summed E-state index contributed by atoms with van der Waals surface area (Å²) in [6, 6.07) is 7.59. The summed E-state index contributed by atoms with van der Waals surface area (Å²) in [5, 5.41) is 3.34. The van der Waals surface area contributed by atoms with Crippen LogP contribution >= 0.6 is 11.3 Å². The van der Waals surface area contributed by atoms with E-state index in [1.807, 2.05) is 19.1 Å². The average molecular weight is 272 g/mol. The normalized spacial score (nSPS) is 10.8. The number of H-pyrrole nitrogens is 1. The largest absolute Gasteiger partial charge is 0.397 e. The number of thiazole rings is 1. The molecule has 3 aromatic rings. The molecule has 4 N–H and O–H groups in total. The highest BCUT2D eigenvalue weighted by Gasteiger charge is 2.11. The van der Waals surface area contributed by atoms with Gasteiger partial charge in [-0.3, -0.25) is 10.1 Å². The van der Waals surface area contributed by atoms with Crippen LogP contribution in [-0.4, -0.2) is 15.9 Å². The zero-order valence-electron chi connectivity index (χ0n) is 10.2. The van der Waals surface area contributed by atoms with Crippen LogP contribution < -0.4 is 11.1 Å². The third kappa shape index (κ3) is 2.30. The smallest absolute Gasteiger partial charge is 0.273 e. The number of nitrogen functional groups attached to an aromatic ring is 1. The van der Waals surface area contributed by atoms with Crippen LogP contribution in [0.4, 0.5) is 10.8 Å². The predicted molar refractivity (Wildman–Crippen MR) is 77.5 cm³/mol. The Morgan fingerprint density at radius 3 is 3.00 bits per heavy atom. The number of carbonyl (C=O) groups is 1. The maximum Gasteiger partial charge on any atom is 0.273 e. The van der Waals surface area contributed by atoms with Crippen molar-refractivity contribution in [2.75, 3.05) is 11.1 Å². The van der Waals surface area contributed by atoms with Crippen LogP contribution in [0.2, 0.25) is 0 Å². The molecule has 6 heteroatoms. The Kier molecular flexibility index (Phi) is 2.72. The van der Waals surface area contributed by atoms with Gasteiger partial charge in [0.2, 0.25) is 0 Å². The van der Waals surface area contributed by atoms with Crippen LogP contribution in [0.25, 0.3) is 10.2 Å². The maximum absolute atomic E-state index is 11.9. The Hall–Kier alpha value is -2.34. The molecule has 1 aromatic carbocycles. The summed E-state index contributed by atoms with van der Waals surface area (Å²) in [6.07, 6.45) is 1.58. The lowest BCUT2D eigenvalue weighted by Crippen LogP contribution is -2.11. The second kappa shape index (κ2) is 4.40. The molecule has 0 bridgehead atoms. The number of nitrogens with zero attached hydrogens (tertiary/aromatic N) is 1. The maximum atomic E-state index is 11.9. The number of aryl methyl sites for hydroxylation is 1. The Morgan fingerprint density at radius 1 is 1.42 bits per heavy atom. The number of rotatable bonds is 2. The summed E-state index contributed by atoms with van der Waals surface area (Å²) in [4.78, 5) is 19.1. The van der Waals surface area contributed by atoms with E-state index in [2.05, 4.69) is 21.4 Å². The molecule has 0 radical (unpaired) electrons. The predicted octanol–water partition coefficient (Wildman–Crippen LogP) is 2.77. The number of anilines is 2. The van der Waals surface area contributed by atoms with Crippen LogP contribution in [0.15, 0.2) is 30.5 Å². The standard InChI is InChI=1S/C13H12N4OS/c1-7-2-3-9-11(4-7)19-13(16-9)17-12(18)10-5-8(14)6-15-10/h2-6,15H,14H2,1H3,(H,16,17,18). The lowest BCUT2D eigenvalue weighted by molar-refractivity contribution is 0.102. The number of carbonyl (C=O) groups excluding carboxylic acids is 1. The fraction of sp³-hybridized carbons (Fsp3) is 0.0769. The van der Waals surface area contributed by atoms with Crippen LogP contribution in [0.5, 0.6) is 0 Å². The molecule has 2 heterocycles. The second-order valence-electron chi connectivity index (χ2n) is 4.29. The number of benzene rings is 1. The number of nitrogens with two attached hydrogens (primary N) is 1. The van der Waals surface area contributed by atoms with Gasteiger partial charge in [-0.1, -0.05) is 17.4 Å². The van der Waals surface area contributed by atoms with Gasteiger partial charge < -0.3 is 10.7 Å². The van der Waals surface area contributed by atoms with Crippen LogP contribution in [0, 0.1) is 6.92 Å². The first-order valence-corrected chi connectivity index (χ1v) is 6.56. The number of hydrogen-bond acceptors (Lipinski definition) is 4. The van der Waals surface area contributed by atoms with Gasteiger partial charge in [0.05, 0.1) is 10.2 Å². The molecular weight excluding hydrogens is 260 g/mol. The van der Waals surface area contributed by atoms with Crippen molar-refractivity contribution in [1.82, 2.24) is 9.97 Å². The number of amides is 1. The Labute approximate surface area is 113 Å². The summed E-state index contributed by atoms with van der Waals surface area (Å²) in [7, 11) is 0. The van der Waals surface area contributed by atoms with Crippen molar-refractivity contribution in [2.45, 2.75) is 6.92 Å². The van der Waals surface area contributed by atoms with Crippen molar-refractivity contribution < 1.29 is 4.79 Å². The molecule has 0 atom stereocenters. The van der Waals surface area contributed by atoms with E-state index in [-0.39, 0.29) is 5.91 Å². The summed E-state index contributed by atoms with van der Waals surface area (Å²) < 4.78 is 1.06. The van der Waals surface area contributed by atoms with Crippen molar-refractivity contribution in [3.63, 3.8) is 0 Å². The summed E-state index contributed by atoms with van der Waals surface area (Å²) >= 11 is 1.45. The Balaban J connectivity index is 1.87. The zero-order chi connectivity index (χ0) is 13.4. The van der Waals surface area contributed by atoms with Gasteiger partial charge in [-0.25, -0.2) is 4.98 Å². The van der Waals surface area contributed by atoms with Gasteiger partial charge in [-0.15, -0.1) is 0 Å². The minimum Gasteiger partial charge on any atom is -0.397 e. The van der Waals surface area contributed by atoms with E-state index in [1.54, 1.807) is 12.3 Å². The molecule has 0 aliphatic heterocycles. The number of aromatic nitrogens is 2. The number of nitrogens with one attached hydrogen (secondary N) is 2. The topological polar surface area (TPSA) is 83.8 Å². The SMILES string of the molecule is Cc1ccc2nc(NC(=O)c3cc(N)c[nH]3)sc2c1. The van der Waals surface area contributed by atoms with Crippen molar-refractivity contribution in [2.24, 2.45) is 0 Å². The summed E-state index contributed by atoms with van der Waals surface area (Å²) in [6.45, 7) is 2.03. The molecule has 0 saturated heterocycles. The van der Waals surface area contributed by atoms with E-state index < -0.39 is 0 Å². The molecular formula is C13H12N4OS. The highest BCUT2D eigenvalue weighted by Crippen LogP contribution is 2.26. The average Bonchev–Trinajstić information content (AvgIpc) is 2.94. The Morgan fingerprint density at radius 2 is 2.26 bits per heavy atom. The molecule has 0 saturated carbocycles. The van der Waals surface area contributed by atoms with E-state index in [0.29, 0.717) is 16.5 Å². The van der Waals surface area contributed by atoms with Crippen molar-refractivity contribution in [3.8, 4) is 0 Å². The number of aromatic amines is 1. The van der Waals surface area contributed by atoms with Gasteiger partial charge in [-0.05, 0) is 30.7 Å². The monoisotopic (exact) mass is 272 g/mol. The van der Waals surface area contributed by atoms with Gasteiger partial charge in [0.1, 0.15) is 5.69 Å². The summed E-state index contributed by atoms with van der Waals surface area (Å²) in [5.74, 6) is -0.243. The van der Waals surface area contributed by atoms with Crippen molar-refractivity contribution in [3.05, 3.63) is 41.7 Å². The van der Waals surface area contributed by atoms with Crippen LogP contribution in [0.3, 0.4) is 0 Å². The quantitative estimate of drug-likeness (QED) is 0.670. The molecule has 0 aliphatic carbocycles. The van der Waals surface area contributed by atoms with Crippen LogP contribution in [0.1, 0.15) is 16.1 Å². The highest BCUT2D eigenvalue weighted by molar-refractivity contribution is 7.22. The molecule has 5 nitrogen and oxygen atoms in total. The number of hydrogen-bond donors (Lipinski definition) is 3. The molecule has 0 aliphatic rings. The highest BCUT2D eigenvalue weighted by atomic mass is 32.1. The zero-order valence-corrected chi connectivity index (χ0v) is 11.0. The second-order valence-corrected chi connectivity index (χ2v) is 5.32. The lowest BCUT2D eigenvalue weighted by atomic mass is 10.2. The summed E-state index contributed by atoms with van der Waals surface area (Å²) in [5.41, 5.74) is 8.58.